The highest BCUT2D eigenvalue weighted by molar-refractivity contribution is 5.79. The molecule has 0 unspecified atom stereocenters. The van der Waals surface area contributed by atoms with Crippen LogP contribution in [0, 0.1) is 5.92 Å². The summed E-state index contributed by atoms with van der Waals surface area (Å²) in [6.07, 6.45) is 1.74. The Kier molecular flexibility index (Phi) is 6.78. The number of pyridine rings is 1. The number of aromatic nitrogens is 1. The van der Waals surface area contributed by atoms with Crippen LogP contribution in [0.2, 0.25) is 0 Å². The summed E-state index contributed by atoms with van der Waals surface area (Å²) in [7, 11) is 0. The first kappa shape index (κ1) is 23.4. The average Bonchev–Trinajstić information content (AvgIpc) is 3.30. The first-order valence-electron chi connectivity index (χ1n) is 11.3. The van der Waals surface area contributed by atoms with Crippen LogP contribution in [0.1, 0.15) is 53.6 Å². The van der Waals surface area contributed by atoms with Gasteiger partial charge in [-0.05, 0) is 67.9 Å². The third kappa shape index (κ3) is 5.24. The second-order valence-corrected chi connectivity index (χ2v) is 8.75. The molecule has 6 nitrogen and oxygen atoms in total. The minimum Gasteiger partial charge on any atom is -0.508 e. The van der Waals surface area contributed by atoms with Crippen molar-refractivity contribution in [3.8, 4) is 5.75 Å². The molecule has 1 fully saturated rings. The van der Waals surface area contributed by atoms with Crippen LogP contribution in [0.3, 0.4) is 0 Å². The number of alkyl halides is 3. The monoisotopic (exact) mass is 463 g/mol. The van der Waals surface area contributed by atoms with Crippen LogP contribution in [-0.4, -0.2) is 34.0 Å². The number of carbonyl (C=O) groups excluding carboxylic acids is 1. The van der Waals surface area contributed by atoms with Gasteiger partial charge in [-0.3, -0.25) is 4.79 Å². The summed E-state index contributed by atoms with van der Waals surface area (Å²) < 4.78 is 41.1. The van der Waals surface area contributed by atoms with Gasteiger partial charge in [-0.1, -0.05) is 6.07 Å². The number of benzene rings is 1. The molecular weight excluding hydrogens is 435 g/mol. The molecule has 1 saturated heterocycles. The Hall–Kier alpha value is -2.81. The summed E-state index contributed by atoms with van der Waals surface area (Å²) in [5.74, 6) is 0.697. The maximum absolute atomic E-state index is 12.8. The lowest BCUT2D eigenvalue weighted by Gasteiger charge is -2.33. The lowest BCUT2D eigenvalue weighted by atomic mass is 9.82. The highest BCUT2D eigenvalue weighted by atomic mass is 19.4. The number of aromatic hydroxyl groups is 1. The molecule has 3 heterocycles. The van der Waals surface area contributed by atoms with Crippen LogP contribution in [-0.2, 0) is 41.8 Å². The number of carbonyl (C=O) groups is 1. The second-order valence-electron chi connectivity index (χ2n) is 8.75. The van der Waals surface area contributed by atoms with E-state index in [1.54, 1.807) is 0 Å². The van der Waals surface area contributed by atoms with Gasteiger partial charge in [0.2, 0.25) is 5.91 Å². The number of piperidine rings is 1. The minimum atomic E-state index is -4.38. The van der Waals surface area contributed by atoms with Crippen molar-refractivity contribution >= 4 is 11.7 Å². The molecule has 3 aliphatic rings. The number of halogens is 3. The van der Waals surface area contributed by atoms with Gasteiger partial charge in [-0.2, -0.15) is 13.2 Å². The number of nitrogens with two attached hydrogens (primary N) is 1. The number of hydrogen-bond acceptors (Lipinski definition) is 5. The largest absolute Gasteiger partial charge is 0.508 e. The zero-order valence-electron chi connectivity index (χ0n) is 18.3. The van der Waals surface area contributed by atoms with E-state index < -0.39 is 11.7 Å². The molecule has 1 aromatic carbocycles. The van der Waals surface area contributed by atoms with Crippen molar-refractivity contribution in [2.45, 2.75) is 57.9 Å². The molecule has 0 bridgehead atoms. The number of ether oxygens (including phenoxy) is 1. The van der Waals surface area contributed by atoms with Crippen molar-refractivity contribution in [1.29, 1.82) is 0 Å². The lowest BCUT2D eigenvalue weighted by molar-refractivity contribution is -0.138. The molecule has 0 radical (unpaired) electrons. The summed E-state index contributed by atoms with van der Waals surface area (Å²) in [5.41, 5.74) is 9.79. The van der Waals surface area contributed by atoms with Crippen molar-refractivity contribution in [2.24, 2.45) is 5.92 Å². The fraction of sp³-hybridized carbons (Fsp3) is 0.500. The van der Waals surface area contributed by atoms with E-state index in [-0.39, 0.29) is 11.7 Å². The number of likely N-dealkylation sites (tertiary alicyclic amines) is 1. The Labute approximate surface area is 190 Å². The van der Waals surface area contributed by atoms with Crippen LogP contribution in [0.5, 0.6) is 5.75 Å². The number of anilines is 1. The fourth-order valence-electron chi connectivity index (χ4n) is 4.75. The molecular formula is C24H28F3N3O3. The first-order chi connectivity index (χ1) is 15.7. The number of phenolic OH excluding ortho intramolecular Hbond substituents is 1. The fourth-order valence-corrected chi connectivity index (χ4v) is 4.75. The maximum atomic E-state index is 12.8. The second kappa shape index (κ2) is 9.59. The summed E-state index contributed by atoms with van der Waals surface area (Å²) in [5, 5.41) is 8.68. The number of aryl methyl sites for hydroxylation is 1. The minimum absolute atomic E-state index is 0.112. The summed E-state index contributed by atoms with van der Waals surface area (Å²) in [6, 6.07) is 3.92. The highest BCUT2D eigenvalue weighted by Gasteiger charge is 2.33. The summed E-state index contributed by atoms with van der Waals surface area (Å²) in [4.78, 5) is 19.4. The smallest absolute Gasteiger partial charge is 0.416 e. The number of hydrogen-bond donors (Lipinski definition) is 2. The molecule has 0 spiro atoms. The predicted octanol–water partition coefficient (Wildman–Crippen LogP) is 4.22. The number of rotatable bonds is 1. The molecule has 0 saturated carbocycles. The van der Waals surface area contributed by atoms with Gasteiger partial charge in [0.25, 0.3) is 0 Å². The van der Waals surface area contributed by atoms with Crippen molar-refractivity contribution in [2.75, 3.05) is 18.8 Å². The normalized spacial score (nSPS) is 19.8. The Morgan fingerprint density at radius 1 is 1.12 bits per heavy atom. The standard InChI is InChI=1S/C17H23N3O2.C7H5F3O/c18-16-14-10-22-9-13(14)12-8-11(4-5-15(12)19-16)17(21)20-6-2-1-3-7-20;8-7(9,10)5-2-1-3-6(11)4-5/h11H,1-10H2,(H2,18,19);1-4,11H/t11-;/m0./s1. The molecule has 178 valence electrons. The van der Waals surface area contributed by atoms with E-state index in [2.05, 4.69) is 9.88 Å². The molecule has 1 aromatic heterocycles. The topological polar surface area (TPSA) is 88.7 Å². The zero-order valence-corrected chi connectivity index (χ0v) is 18.3. The van der Waals surface area contributed by atoms with Crippen LogP contribution in [0.4, 0.5) is 19.0 Å². The lowest BCUT2D eigenvalue weighted by Crippen LogP contribution is -2.41. The quantitative estimate of drug-likeness (QED) is 0.661. The number of nitrogens with zero attached hydrogens (tertiary/aromatic N) is 2. The first-order valence-corrected chi connectivity index (χ1v) is 11.3. The van der Waals surface area contributed by atoms with Gasteiger partial charge in [-0.25, -0.2) is 4.98 Å². The number of fused-ring (bicyclic) bond motifs is 3. The number of nitrogen functional groups attached to an aromatic ring is 1. The van der Waals surface area contributed by atoms with Gasteiger partial charge in [0.15, 0.2) is 0 Å². The molecule has 2 aliphatic heterocycles. The van der Waals surface area contributed by atoms with E-state index in [1.165, 1.54) is 23.6 Å². The van der Waals surface area contributed by atoms with Crippen molar-refractivity contribution in [1.82, 2.24) is 9.88 Å². The summed E-state index contributed by atoms with van der Waals surface area (Å²) >= 11 is 0. The number of phenols is 1. The van der Waals surface area contributed by atoms with Crippen LogP contribution < -0.4 is 5.73 Å². The maximum Gasteiger partial charge on any atom is 0.416 e. The molecule has 1 atom stereocenters. The van der Waals surface area contributed by atoms with E-state index in [1.807, 2.05) is 0 Å². The highest BCUT2D eigenvalue weighted by Crippen LogP contribution is 2.36. The summed E-state index contributed by atoms with van der Waals surface area (Å²) in [6.45, 7) is 3.05. The Morgan fingerprint density at radius 2 is 1.85 bits per heavy atom. The van der Waals surface area contributed by atoms with E-state index in [0.29, 0.717) is 31.0 Å². The molecule has 5 rings (SSSR count). The van der Waals surface area contributed by atoms with Crippen LogP contribution in [0.25, 0.3) is 0 Å². The zero-order chi connectivity index (χ0) is 23.6. The van der Waals surface area contributed by atoms with Gasteiger partial charge in [0.1, 0.15) is 11.6 Å². The van der Waals surface area contributed by atoms with E-state index >= 15 is 0 Å². The van der Waals surface area contributed by atoms with Gasteiger partial charge >= 0.3 is 6.18 Å². The van der Waals surface area contributed by atoms with Crippen molar-refractivity contribution in [3.05, 3.63) is 52.2 Å². The third-order valence-corrected chi connectivity index (χ3v) is 6.50. The van der Waals surface area contributed by atoms with E-state index in [0.717, 1.165) is 68.6 Å². The van der Waals surface area contributed by atoms with Gasteiger partial charge in [0, 0.05) is 30.3 Å². The van der Waals surface area contributed by atoms with Crippen molar-refractivity contribution in [3.63, 3.8) is 0 Å². The molecule has 33 heavy (non-hydrogen) atoms. The molecule has 1 aliphatic carbocycles. The van der Waals surface area contributed by atoms with Crippen LogP contribution >= 0.6 is 0 Å². The molecule has 3 N–H and O–H groups in total. The average molecular weight is 464 g/mol. The molecule has 2 aromatic rings. The van der Waals surface area contributed by atoms with E-state index in [4.69, 9.17) is 15.6 Å². The SMILES string of the molecule is Nc1nc2c(c3c1COC3)C[C@@H](C(=O)N1CCCCC1)CC2.Oc1cccc(C(F)(F)F)c1. The molecule has 9 heteroatoms. The Bertz CT molecular complexity index is 1020. The van der Waals surface area contributed by atoms with Gasteiger partial charge in [-0.15, -0.1) is 0 Å². The number of amides is 1. The van der Waals surface area contributed by atoms with Crippen LogP contribution in [0.15, 0.2) is 24.3 Å². The van der Waals surface area contributed by atoms with Gasteiger partial charge < -0.3 is 20.5 Å². The van der Waals surface area contributed by atoms with Crippen molar-refractivity contribution < 1.29 is 27.8 Å². The predicted molar refractivity (Wildman–Crippen MR) is 116 cm³/mol. The third-order valence-electron chi connectivity index (χ3n) is 6.50. The molecule has 1 amide bonds. The van der Waals surface area contributed by atoms with Gasteiger partial charge in [0.05, 0.1) is 18.8 Å². The Morgan fingerprint density at radius 3 is 2.52 bits per heavy atom. The Balaban J connectivity index is 0.000000200. The van der Waals surface area contributed by atoms with E-state index in [9.17, 15) is 18.0 Å².